The highest BCUT2D eigenvalue weighted by Gasteiger charge is 2.24. The van der Waals surface area contributed by atoms with Gasteiger partial charge in [0.25, 0.3) is 17.3 Å². The van der Waals surface area contributed by atoms with Crippen LogP contribution in [0.2, 0.25) is 0 Å². The Hall–Kier alpha value is -3.53. The van der Waals surface area contributed by atoms with Crippen molar-refractivity contribution < 1.29 is 19.4 Å². The molecule has 0 aliphatic carbocycles. The topological polar surface area (TPSA) is 128 Å². The fraction of sp³-hybridized carbons (Fsp3) is 0.316. The Balaban J connectivity index is 2.12. The molecular formula is C19H22N4O6. The van der Waals surface area contributed by atoms with Crippen LogP contribution in [0.4, 0.5) is 17.1 Å². The molecule has 154 valence electrons. The van der Waals surface area contributed by atoms with E-state index in [1.807, 2.05) is 14.1 Å². The maximum atomic E-state index is 12.6. The fourth-order valence-electron chi connectivity index (χ4n) is 2.62. The summed E-state index contributed by atoms with van der Waals surface area (Å²) in [6.45, 7) is 2.84. The number of carbonyl (C=O) groups excluding carboxylic acids is 1. The second-order valence-electron chi connectivity index (χ2n) is 6.64. The minimum absolute atomic E-state index is 0.0546. The molecule has 0 heterocycles. The van der Waals surface area contributed by atoms with Gasteiger partial charge in [-0.1, -0.05) is 0 Å². The molecule has 0 radical (unpaired) electrons. The van der Waals surface area contributed by atoms with E-state index in [-0.39, 0.29) is 11.1 Å². The molecule has 29 heavy (non-hydrogen) atoms. The number of nitro benzene ring substituents is 2. The SMILES string of the molecule is Cc1c(C(=O)Nc2ccc(OCCCN(C)C)cc2)cc([N+](=O)[O-])cc1[N+](=O)[O-]. The van der Waals surface area contributed by atoms with Crippen LogP contribution in [-0.4, -0.2) is 47.9 Å². The van der Waals surface area contributed by atoms with E-state index < -0.39 is 27.1 Å². The second kappa shape index (κ2) is 9.60. The molecular weight excluding hydrogens is 380 g/mol. The molecule has 10 heteroatoms. The van der Waals surface area contributed by atoms with Crippen LogP contribution in [0.1, 0.15) is 22.3 Å². The lowest BCUT2D eigenvalue weighted by Crippen LogP contribution is -2.15. The Bertz CT molecular complexity index is 912. The van der Waals surface area contributed by atoms with Gasteiger partial charge in [0, 0.05) is 23.9 Å². The van der Waals surface area contributed by atoms with Crippen molar-refractivity contribution in [1.29, 1.82) is 0 Å². The molecule has 10 nitrogen and oxygen atoms in total. The lowest BCUT2D eigenvalue weighted by molar-refractivity contribution is -0.394. The van der Waals surface area contributed by atoms with Crippen molar-refractivity contribution in [2.24, 2.45) is 0 Å². The highest BCUT2D eigenvalue weighted by Crippen LogP contribution is 2.28. The van der Waals surface area contributed by atoms with Crippen molar-refractivity contribution in [3.05, 3.63) is 67.8 Å². The number of nitrogens with zero attached hydrogens (tertiary/aromatic N) is 3. The van der Waals surface area contributed by atoms with Crippen LogP contribution in [0.5, 0.6) is 5.75 Å². The van der Waals surface area contributed by atoms with Crippen LogP contribution in [0.15, 0.2) is 36.4 Å². The van der Waals surface area contributed by atoms with Crippen molar-refractivity contribution in [1.82, 2.24) is 4.90 Å². The lowest BCUT2D eigenvalue weighted by atomic mass is 10.0. The van der Waals surface area contributed by atoms with E-state index in [2.05, 4.69) is 10.2 Å². The van der Waals surface area contributed by atoms with Gasteiger partial charge in [0.15, 0.2) is 0 Å². The average Bonchev–Trinajstić information content (AvgIpc) is 2.66. The van der Waals surface area contributed by atoms with Crippen LogP contribution in [0.3, 0.4) is 0 Å². The van der Waals surface area contributed by atoms with Gasteiger partial charge >= 0.3 is 0 Å². The third kappa shape index (κ3) is 5.98. The predicted octanol–water partition coefficient (Wildman–Crippen LogP) is 3.39. The quantitative estimate of drug-likeness (QED) is 0.387. The Morgan fingerprint density at radius 2 is 1.76 bits per heavy atom. The molecule has 2 aromatic rings. The molecule has 0 aliphatic rings. The number of amides is 1. The maximum absolute atomic E-state index is 12.6. The van der Waals surface area contributed by atoms with Crippen LogP contribution < -0.4 is 10.1 Å². The van der Waals surface area contributed by atoms with Gasteiger partial charge in [0.05, 0.1) is 28.1 Å². The van der Waals surface area contributed by atoms with Gasteiger partial charge < -0.3 is 15.0 Å². The Morgan fingerprint density at radius 3 is 2.31 bits per heavy atom. The van der Waals surface area contributed by atoms with Crippen LogP contribution in [0.25, 0.3) is 0 Å². The Morgan fingerprint density at radius 1 is 1.10 bits per heavy atom. The van der Waals surface area contributed by atoms with Crippen molar-refractivity contribution in [2.75, 3.05) is 32.6 Å². The first-order valence-electron chi connectivity index (χ1n) is 8.81. The number of non-ortho nitro benzene ring substituents is 1. The average molecular weight is 402 g/mol. The summed E-state index contributed by atoms with van der Waals surface area (Å²) in [5, 5.41) is 24.8. The monoisotopic (exact) mass is 402 g/mol. The van der Waals surface area contributed by atoms with E-state index in [4.69, 9.17) is 4.74 Å². The van der Waals surface area contributed by atoms with Crippen molar-refractivity contribution >= 4 is 23.0 Å². The molecule has 0 aromatic heterocycles. The summed E-state index contributed by atoms with van der Waals surface area (Å²) in [5.74, 6) is -0.0297. The van der Waals surface area contributed by atoms with Gasteiger partial charge in [0.2, 0.25) is 0 Å². The van der Waals surface area contributed by atoms with Gasteiger partial charge in [-0.15, -0.1) is 0 Å². The number of carbonyl (C=O) groups is 1. The molecule has 0 atom stereocenters. The summed E-state index contributed by atoms with van der Waals surface area (Å²) in [6.07, 6.45) is 0.871. The van der Waals surface area contributed by atoms with Crippen molar-refractivity contribution in [3.63, 3.8) is 0 Å². The number of hydrogen-bond acceptors (Lipinski definition) is 7. The fourth-order valence-corrected chi connectivity index (χ4v) is 2.62. The number of nitrogens with one attached hydrogen (secondary N) is 1. The molecule has 0 fully saturated rings. The molecule has 2 rings (SSSR count). The zero-order valence-electron chi connectivity index (χ0n) is 16.4. The minimum atomic E-state index is -0.772. The van der Waals surface area contributed by atoms with E-state index in [9.17, 15) is 25.0 Å². The van der Waals surface area contributed by atoms with Gasteiger partial charge in [0.1, 0.15) is 5.75 Å². The summed E-state index contributed by atoms with van der Waals surface area (Å²) < 4.78 is 5.61. The normalized spacial score (nSPS) is 10.6. The van der Waals surface area contributed by atoms with Crippen LogP contribution in [-0.2, 0) is 0 Å². The van der Waals surface area contributed by atoms with Crippen LogP contribution >= 0.6 is 0 Å². The first-order valence-corrected chi connectivity index (χ1v) is 8.81. The van der Waals surface area contributed by atoms with Crippen LogP contribution in [0, 0.1) is 27.2 Å². The predicted molar refractivity (Wildman–Crippen MR) is 108 cm³/mol. The summed E-state index contributed by atoms with van der Waals surface area (Å²) in [5.41, 5.74) is -0.641. The van der Waals surface area contributed by atoms with E-state index in [0.29, 0.717) is 18.0 Å². The molecule has 1 N–H and O–H groups in total. The smallest absolute Gasteiger partial charge is 0.279 e. The number of nitro groups is 2. The molecule has 2 aromatic carbocycles. The van der Waals surface area contributed by atoms with E-state index >= 15 is 0 Å². The maximum Gasteiger partial charge on any atom is 0.279 e. The summed E-state index contributed by atoms with van der Waals surface area (Å²) in [7, 11) is 3.96. The van der Waals surface area contributed by atoms with Gasteiger partial charge in [-0.25, -0.2) is 0 Å². The number of benzene rings is 2. The van der Waals surface area contributed by atoms with Gasteiger partial charge in [-0.3, -0.25) is 25.0 Å². The molecule has 0 aliphatic heterocycles. The van der Waals surface area contributed by atoms with E-state index in [1.165, 1.54) is 6.92 Å². The van der Waals surface area contributed by atoms with Gasteiger partial charge in [-0.2, -0.15) is 0 Å². The zero-order valence-corrected chi connectivity index (χ0v) is 16.4. The van der Waals surface area contributed by atoms with Gasteiger partial charge in [-0.05, 0) is 51.7 Å². The van der Waals surface area contributed by atoms with Crippen molar-refractivity contribution in [2.45, 2.75) is 13.3 Å². The largest absolute Gasteiger partial charge is 0.494 e. The molecule has 0 unspecified atom stereocenters. The highest BCUT2D eigenvalue weighted by atomic mass is 16.6. The number of anilines is 1. The molecule has 0 bridgehead atoms. The lowest BCUT2D eigenvalue weighted by Gasteiger charge is -2.11. The van der Waals surface area contributed by atoms with E-state index in [1.54, 1.807) is 24.3 Å². The number of hydrogen-bond donors (Lipinski definition) is 1. The summed E-state index contributed by atoms with van der Waals surface area (Å²) >= 11 is 0. The molecule has 0 saturated carbocycles. The first-order chi connectivity index (χ1) is 13.7. The first kappa shape index (κ1) is 21.8. The summed E-state index contributed by atoms with van der Waals surface area (Å²) in [6, 6.07) is 8.50. The molecule has 0 saturated heterocycles. The van der Waals surface area contributed by atoms with Crippen molar-refractivity contribution in [3.8, 4) is 5.75 Å². The molecule has 0 spiro atoms. The Labute approximate surface area is 167 Å². The Kier molecular flexibility index (Phi) is 7.21. The third-order valence-corrected chi connectivity index (χ3v) is 4.15. The third-order valence-electron chi connectivity index (χ3n) is 4.15. The second-order valence-corrected chi connectivity index (χ2v) is 6.64. The highest BCUT2D eigenvalue weighted by molar-refractivity contribution is 6.06. The zero-order chi connectivity index (χ0) is 21.6. The number of rotatable bonds is 9. The summed E-state index contributed by atoms with van der Waals surface area (Å²) in [4.78, 5) is 35.3. The van der Waals surface area contributed by atoms with E-state index in [0.717, 1.165) is 25.1 Å². The standard InChI is InChI=1S/C19H22N4O6/c1-13-17(11-15(22(25)26)12-18(13)23(27)28)19(24)20-14-5-7-16(8-6-14)29-10-4-9-21(2)3/h5-8,11-12H,4,9-10H2,1-3H3,(H,20,24). The number of ether oxygens (including phenoxy) is 1. The minimum Gasteiger partial charge on any atom is -0.494 e. The molecule has 1 amide bonds.